The lowest BCUT2D eigenvalue weighted by molar-refractivity contribution is -0.145. The maximum Gasteiger partial charge on any atom is 0.306 e. The van der Waals surface area contributed by atoms with Crippen LogP contribution in [0, 0.1) is 17.8 Å². The third-order valence-corrected chi connectivity index (χ3v) is 3.97. The van der Waals surface area contributed by atoms with Gasteiger partial charge in [-0.15, -0.1) is 0 Å². The van der Waals surface area contributed by atoms with Crippen molar-refractivity contribution in [3.8, 4) is 0 Å². The molecular formula is C13H24N2O3. The topological polar surface area (TPSA) is 92.4 Å². The summed E-state index contributed by atoms with van der Waals surface area (Å²) in [6, 6.07) is -0.188. The van der Waals surface area contributed by atoms with E-state index in [-0.39, 0.29) is 29.7 Å². The zero-order chi connectivity index (χ0) is 13.7. The molecule has 0 spiro atoms. The molecule has 104 valence electrons. The summed E-state index contributed by atoms with van der Waals surface area (Å²) < 4.78 is 0. The van der Waals surface area contributed by atoms with Gasteiger partial charge in [0.1, 0.15) is 0 Å². The number of carboxylic acid groups (broad SMARTS) is 1. The molecule has 18 heavy (non-hydrogen) atoms. The van der Waals surface area contributed by atoms with Gasteiger partial charge >= 0.3 is 5.97 Å². The van der Waals surface area contributed by atoms with E-state index in [1.807, 2.05) is 0 Å². The van der Waals surface area contributed by atoms with Crippen molar-refractivity contribution in [2.24, 2.45) is 23.5 Å². The van der Waals surface area contributed by atoms with Gasteiger partial charge < -0.3 is 16.2 Å². The molecule has 4 N–H and O–H groups in total. The van der Waals surface area contributed by atoms with Crippen LogP contribution in [0.3, 0.4) is 0 Å². The molecule has 0 bridgehead atoms. The van der Waals surface area contributed by atoms with E-state index < -0.39 is 5.97 Å². The summed E-state index contributed by atoms with van der Waals surface area (Å²) in [6.07, 6.45) is 3.62. The van der Waals surface area contributed by atoms with E-state index in [9.17, 15) is 9.59 Å². The molecule has 4 atom stereocenters. The SMILES string of the molecule is CC(N)C(C)C(=O)NCC1CCCCC1C(=O)O. The fourth-order valence-corrected chi connectivity index (χ4v) is 2.41. The first-order valence-corrected chi connectivity index (χ1v) is 6.69. The maximum atomic E-state index is 11.8. The second kappa shape index (κ2) is 6.73. The van der Waals surface area contributed by atoms with Crippen LogP contribution in [0.25, 0.3) is 0 Å². The molecule has 1 rings (SSSR count). The van der Waals surface area contributed by atoms with Crippen molar-refractivity contribution in [1.82, 2.24) is 5.32 Å². The molecule has 0 aromatic heterocycles. The number of nitrogens with two attached hydrogens (primary N) is 1. The van der Waals surface area contributed by atoms with Gasteiger partial charge in [-0.1, -0.05) is 19.8 Å². The van der Waals surface area contributed by atoms with Crippen LogP contribution < -0.4 is 11.1 Å². The highest BCUT2D eigenvalue weighted by Gasteiger charge is 2.31. The third kappa shape index (κ3) is 3.98. The molecule has 1 fully saturated rings. The zero-order valence-corrected chi connectivity index (χ0v) is 11.2. The Morgan fingerprint density at radius 3 is 2.50 bits per heavy atom. The number of hydrogen-bond acceptors (Lipinski definition) is 3. The Bertz CT molecular complexity index is 305. The van der Waals surface area contributed by atoms with Crippen LogP contribution in [0.4, 0.5) is 0 Å². The Balaban J connectivity index is 2.45. The molecule has 0 heterocycles. The number of carbonyl (C=O) groups is 2. The van der Waals surface area contributed by atoms with Gasteiger partial charge in [-0.3, -0.25) is 9.59 Å². The Morgan fingerprint density at radius 1 is 1.33 bits per heavy atom. The molecule has 0 aliphatic heterocycles. The van der Waals surface area contributed by atoms with Crippen LogP contribution in [-0.2, 0) is 9.59 Å². The third-order valence-electron chi connectivity index (χ3n) is 3.97. The van der Waals surface area contributed by atoms with Crippen molar-refractivity contribution < 1.29 is 14.7 Å². The average molecular weight is 256 g/mol. The molecular weight excluding hydrogens is 232 g/mol. The molecule has 0 saturated heterocycles. The lowest BCUT2D eigenvalue weighted by Crippen LogP contribution is -2.42. The normalized spacial score (nSPS) is 27.3. The Morgan fingerprint density at radius 2 is 1.94 bits per heavy atom. The first-order valence-electron chi connectivity index (χ1n) is 6.69. The molecule has 5 nitrogen and oxygen atoms in total. The second-order valence-corrected chi connectivity index (χ2v) is 5.38. The van der Waals surface area contributed by atoms with E-state index in [0.29, 0.717) is 6.54 Å². The fourth-order valence-electron chi connectivity index (χ4n) is 2.41. The second-order valence-electron chi connectivity index (χ2n) is 5.38. The van der Waals surface area contributed by atoms with Gasteiger partial charge in [0.05, 0.1) is 5.92 Å². The average Bonchev–Trinajstić information content (AvgIpc) is 2.35. The molecule has 0 aromatic rings. The lowest BCUT2D eigenvalue weighted by atomic mass is 9.79. The summed E-state index contributed by atoms with van der Waals surface area (Å²) in [7, 11) is 0. The van der Waals surface area contributed by atoms with Gasteiger partial charge in [0.15, 0.2) is 0 Å². The number of aliphatic carboxylic acids is 1. The van der Waals surface area contributed by atoms with Gasteiger partial charge in [0.25, 0.3) is 0 Å². The minimum atomic E-state index is -0.741. The van der Waals surface area contributed by atoms with Crippen molar-refractivity contribution in [3.05, 3.63) is 0 Å². The highest BCUT2D eigenvalue weighted by molar-refractivity contribution is 5.79. The predicted octanol–water partition coefficient (Wildman–Crippen LogP) is 0.977. The van der Waals surface area contributed by atoms with Gasteiger partial charge in [-0.2, -0.15) is 0 Å². The Labute approximate surface area is 108 Å². The standard InChI is InChI=1S/C13H24N2O3/c1-8(9(2)14)12(16)15-7-10-5-3-4-6-11(10)13(17)18/h8-11H,3-7,14H2,1-2H3,(H,15,16)(H,17,18). The van der Waals surface area contributed by atoms with Crippen molar-refractivity contribution >= 4 is 11.9 Å². The maximum absolute atomic E-state index is 11.8. The quantitative estimate of drug-likeness (QED) is 0.683. The molecule has 5 heteroatoms. The highest BCUT2D eigenvalue weighted by Crippen LogP contribution is 2.29. The molecule has 1 amide bonds. The predicted molar refractivity (Wildman–Crippen MR) is 68.9 cm³/mol. The Hall–Kier alpha value is -1.10. The van der Waals surface area contributed by atoms with E-state index in [2.05, 4.69) is 5.32 Å². The van der Waals surface area contributed by atoms with Crippen LogP contribution in [0.5, 0.6) is 0 Å². The van der Waals surface area contributed by atoms with Crippen molar-refractivity contribution in [3.63, 3.8) is 0 Å². The molecule has 1 saturated carbocycles. The van der Waals surface area contributed by atoms with E-state index in [1.54, 1.807) is 13.8 Å². The molecule has 0 aromatic carbocycles. The Kier molecular flexibility index (Phi) is 5.59. The van der Waals surface area contributed by atoms with Crippen LogP contribution >= 0.6 is 0 Å². The van der Waals surface area contributed by atoms with Crippen LogP contribution in [0.15, 0.2) is 0 Å². The number of amides is 1. The number of carbonyl (C=O) groups excluding carboxylic acids is 1. The van der Waals surface area contributed by atoms with Crippen molar-refractivity contribution in [1.29, 1.82) is 0 Å². The summed E-state index contributed by atoms with van der Waals surface area (Å²) in [5, 5.41) is 12.0. The molecule has 1 aliphatic rings. The lowest BCUT2D eigenvalue weighted by Gasteiger charge is -2.29. The summed E-state index contributed by atoms with van der Waals surface area (Å²) >= 11 is 0. The van der Waals surface area contributed by atoms with Gasteiger partial charge in [0, 0.05) is 18.5 Å². The highest BCUT2D eigenvalue weighted by atomic mass is 16.4. The van der Waals surface area contributed by atoms with Crippen LogP contribution in [0.1, 0.15) is 39.5 Å². The van der Waals surface area contributed by atoms with Gasteiger partial charge in [-0.05, 0) is 25.7 Å². The van der Waals surface area contributed by atoms with Gasteiger partial charge in [-0.25, -0.2) is 0 Å². The first kappa shape index (κ1) is 15.0. The number of carboxylic acids is 1. The summed E-state index contributed by atoms with van der Waals surface area (Å²) in [4.78, 5) is 22.9. The van der Waals surface area contributed by atoms with Crippen LogP contribution in [-0.4, -0.2) is 29.6 Å². The molecule has 0 radical (unpaired) electrons. The van der Waals surface area contributed by atoms with Gasteiger partial charge in [0.2, 0.25) is 5.91 Å². The summed E-state index contributed by atoms with van der Waals surface area (Å²) in [5.41, 5.74) is 5.67. The fraction of sp³-hybridized carbons (Fsp3) is 0.846. The minimum Gasteiger partial charge on any atom is -0.481 e. The van der Waals surface area contributed by atoms with E-state index in [1.165, 1.54) is 0 Å². The zero-order valence-electron chi connectivity index (χ0n) is 11.2. The monoisotopic (exact) mass is 256 g/mol. The first-order chi connectivity index (χ1) is 8.43. The number of hydrogen-bond donors (Lipinski definition) is 3. The van der Waals surface area contributed by atoms with E-state index in [0.717, 1.165) is 25.7 Å². The van der Waals surface area contributed by atoms with Crippen LogP contribution in [0.2, 0.25) is 0 Å². The minimum absolute atomic E-state index is 0.0560. The molecule has 1 aliphatic carbocycles. The number of rotatable bonds is 5. The number of nitrogens with one attached hydrogen (secondary N) is 1. The summed E-state index contributed by atoms with van der Waals surface area (Å²) in [5.74, 6) is -1.32. The van der Waals surface area contributed by atoms with E-state index in [4.69, 9.17) is 10.8 Å². The van der Waals surface area contributed by atoms with Crippen molar-refractivity contribution in [2.75, 3.05) is 6.54 Å². The molecule has 4 unspecified atom stereocenters. The summed E-state index contributed by atoms with van der Waals surface area (Å²) in [6.45, 7) is 4.04. The smallest absolute Gasteiger partial charge is 0.306 e. The largest absolute Gasteiger partial charge is 0.481 e. The van der Waals surface area contributed by atoms with Crippen molar-refractivity contribution in [2.45, 2.75) is 45.6 Å². The van der Waals surface area contributed by atoms with E-state index >= 15 is 0 Å².